The molecule has 0 aromatic rings. The van der Waals surface area contributed by atoms with Crippen LogP contribution in [0.25, 0.3) is 0 Å². The topological polar surface area (TPSA) is 1370 Å². The second-order valence-electron chi connectivity index (χ2n) is 20.9. The summed E-state index contributed by atoms with van der Waals surface area (Å²) in [6, 6.07) is 0. The van der Waals surface area contributed by atoms with Gasteiger partial charge in [-0.1, -0.05) is 0 Å². The van der Waals surface area contributed by atoms with Crippen molar-refractivity contribution in [3.05, 3.63) is 0 Å². The van der Waals surface area contributed by atoms with Crippen molar-refractivity contribution in [3.8, 4) is 0 Å². The zero-order valence-electron chi connectivity index (χ0n) is 77.0. The third-order valence-electron chi connectivity index (χ3n) is 11.7. The predicted octanol–water partition coefficient (Wildman–Crippen LogP) is -83.1. The second-order valence-corrected chi connectivity index (χ2v) is 41.2. The van der Waals surface area contributed by atoms with Crippen LogP contribution in [0, 0.1) is 0 Å². The Labute approximate surface area is 1690 Å². The van der Waals surface area contributed by atoms with E-state index in [4.69, 9.17) is 0 Å². The zero-order valence-corrected chi connectivity index (χ0v) is 156. The Kier molecular flexibility index (Phi) is 141. The summed E-state index contributed by atoms with van der Waals surface area (Å²) >= 11 is 0. The standard InChI is InChI=1S/4C6H12O21S5.20K/c2*7-28(8,9)22-1-3-4(25-30(13,14)15)5(26-31(16,17)18)6(24-3,27-32(19,20)21)2-23-29(10,11)12;2*7-28(8,9)23-2-6(27-32(19,20)21)5(26-31(16,17)18)4(25-30(13,14)15)3(1-22-6)24-29(10,11)12;;;;;;;;;;;;;;;;;;;;/h4*3-5H,1-2H2,(H,7,8,9)(H,10,11,12)(H,13,14,15)(H,16,17,18)(H,19,20,21);;;;;;;;;;;;;;;;;;;;/q;;;;20*+1/p-20/t3-,4-,5+,6+;3-,4-,5+,6-;3-,4-,5+,6+;3-,4-,5+,6-;;;;;;;;;;;;;;;;;;;;/m1111..................../s1. The van der Waals surface area contributed by atoms with Crippen LogP contribution in [-0.4, -0.2) is 409 Å². The fourth-order valence-electron chi connectivity index (χ4n) is 8.56. The predicted molar refractivity (Wildman–Crippen MR) is 315 cm³/mol. The summed E-state index contributed by atoms with van der Waals surface area (Å²) in [6.07, 6.45) is -36.5. The van der Waals surface area contributed by atoms with Crippen LogP contribution in [0.3, 0.4) is 0 Å². The maximum Gasteiger partial charge on any atom is 1.00 e. The number of rotatable bonds is 46. The van der Waals surface area contributed by atoms with Gasteiger partial charge in [-0.15, -0.1) is 0 Å². The zero-order chi connectivity index (χ0) is 102. The van der Waals surface area contributed by atoms with Gasteiger partial charge in [0.1, 0.15) is 75.3 Å². The molecule has 4 saturated heterocycles. The van der Waals surface area contributed by atoms with Crippen LogP contribution >= 0.6 is 0 Å². The summed E-state index contributed by atoms with van der Waals surface area (Å²) in [5.74, 6) is -15.7. The first kappa shape index (κ1) is 223. The molecule has 4 rings (SSSR count). The van der Waals surface area contributed by atoms with Gasteiger partial charge in [0.2, 0.25) is 231 Å². The van der Waals surface area contributed by atoms with E-state index >= 15 is 0 Å². The van der Waals surface area contributed by atoms with E-state index in [2.05, 4.69) is 103 Å². The summed E-state index contributed by atoms with van der Waals surface area (Å²) in [5, 5.41) is 0. The molecule has 4 aliphatic heterocycles. The van der Waals surface area contributed by atoms with E-state index in [0.29, 0.717) is 0 Å². The molecule has 768 valence electrons. The minimum atomic E-state index is -6.21. The molecule has 124 heteroatoms. The molecule has 4 heterocycles. The van der Waals surface area contributed by atoms with E-state index < -0.39 is 357 Å². The van der Waals surface area contributed by atoms with E-state index in [1.165, 1.54) is 0 Å². The third-order valence-corrected chi connectivity index (χ3v) is 20.7. The van der Waals surface area contributed by atoms with Gasteiger partial charge in [0, 0.05) is 0 Å². The van der Waals surface area contributed by atoms with E-state index in [9.17, 15) is 259 Å². The van der Waals surface area contributed by atoms with Crippen LogP contribution in [0.1, 0.15) is 0 Å². The largest absolute Gasteiger partial charge is 1.00 e. The molecule has 4 aliphatic rings. The molecule has 0 radical (unpaired) electrons. The normalized spacial score (nSPS) is 24.5. The van der Waals surface area contributed by atoms with Crippen LogP contribution in [0.4, 0.5) is 0 Å². The van der Waals surface area contributed by atoms with E-state index in [1.54, 1.807) is 0 Å². The Morgan fingerprint density at radius 1 is 0.176 bits per heavy atom. The number of hydrogen-bond donors (Lipinski definition) is 0. The van der Waals surface area contributed by atoms with Crippen molar-refractivity contribution < 1.29 is 1390 Å². The minimum Gasteiger partial charge on any atom is -0.726 e. The molecule has 0 aliphatic carbocycles. The molecule has 0 aromatic carbocycles. The van der Waals surface area contributed by atoms with Gasteiger partial charge in [-0.2, -0.15) is 0 Å². The van der Waals surface area contributed by atoms with Crippen molar-refractivity contribution >= 4 is 208 Å². The molecule has 4 fully saturated rings. The molecular weight excluding hydrogens is 3060 g/mol. The maximum atomic E-state index is 11.0. The first-order valence-corrected chi connectivity index (χ1v) is 53.6. The van der Waals surface area contributed by atoms with Crippen molar-refractivity contribution in [1.29, 1.82) is 0 Å². The number of ether oxygens (including phenoxy) is 4. The van der Waals surface area contributed by atoms with Gasteiger partial charge in [-0.3, -0.25) is 66.9 Å². The van der Waals surface area contributed by atoms with Crippen molar-refractivity contribution in [2.75, 3.05) is 52.9 Å². The van der Waals surface area contributed by atoms with Crippen molar-refractivity contribution in [2.45, 2.75) is 96.4 Å². The van der Waals surface area contributed by atoms with Gasteiger partial charge in [0.05, 0.1) is 26.4 Å². The van der Waals surface area contributed by atoms with Gasteiger partial charge in [-0.25, -0.2) is 185 Å². The monoisotopic (exact) mass is 3080 g/mol. The van der Waals surface area contributed by atoms with Crippen molar-refractivity contribution in [3.63, 3.8) is 0 Å². The molecule has 16 atom stereocenters. The molecule has 84 nitrogen and oxygen atoms in total. The molecule has 148 heavy (non-hydrogen) atoms. The van der Waals surface area contributed by atoms with Crippen LogP contribution in [-0.2, 0) is 311 Å². The Bertz CT molecular complexity index is 5950. The Morgan fingerprint density at radius 2 is 0.318 bits per heavy atom. The van der Waals surface area contributed by atoms with E-state index in [0.717, 1.165) is 0 Å². The van der Waals surface area contributed by atoms with E-state index in [-0.39, 0.29) is 1030 Å². The van der Waals surface area contributed by atoms with Crippen LogP contribution in [0.15, 0.2) is 0 Å². The maximum absolute atomic E-state index is 11.0. The van der Waals surface area contributed by atoms with E-state index in [1.807, 2.05) is 0 Å². The molecule has 0 N–H and O–H groups in total. The Hall–Kier alpha value is 30.0. The molecule has 0 saturated carbocycles. The molecule has 0 unspecified atom stereocenters. The fourth-order valence-corrected chi connectivity index (χ4v) is 17.5. The molecular formula is C24H28K20O84S20. The third kappa shape index (κ3) is 109. The Balaban J connectivity index is -0.0000000785. The first-order valence-electron chi connectivity index (χ1n) is 27.0. The summed E-state index contributed by atoms with van der Waals surface area (Å²) in [4.78, 5) is 0. The molecule has 0 amide bonds. The minimum absolute atomic E-state index is 0. The fraction of sp³-hybridized carbons (Fsp3) is 1.00. The molecule has 0 bridgehead atoms. The quantitative estimate of drug-likeness (QED) is 0.0310. The smallest absolute Gasteiger partial charge is 0.726 e. The Morgan fingerprint density at radius 3 is 0.466 bits per heavy atom. The summed E-state index contributed by atoms with van der Waals surface area (Å²) in [5.41, 5.74) is 0. The average Bonchev–Trinajstić information content (AvgIpc) is 1.72. The van der Waals surface area contributed by atoms with Gasteiger partial charge in [0.25, 0.3) is 0 Å². The van der Waals surface area contributed by atoms with Gasteiger partial charge >= 0.3 is 1030 Å². The van der Waals surface area contributed by atoms with Crippen LogP contribution < -0.4 is 1030 Å². The SMILES string of the molecule is O=S(=O)([O-])OC[C@@]1(OS(=O)(=O)[O-])OC[C@@H](OS(=O)(=O)[O-])[C@@H](OS(=O)(=O)[O-])[C@@H]1OS(=O)(=O)[O-].O=S(=O)([O-])OC[C@H]1O[C@@](COS(=O)(=O)[O-])(OS(=O)(=O)[O-])[C@@H](OS(=O)(=O)[O-])[C@@H]1OS(=O)(=O)[O-].O=S(=O)([O-])OC[C@H]1O[C@](COS(=O)(=O)[O-])(OS(=O)(=O)[O-])[C@@H](OS(=O)(=O)[O-])[C@@H]1OS(=O)(=O)[O-].O=S(=O)([O-])OC[C@]1(OS(=O)(=O)[O-])OC[C@@H](OS(=O)(=O)[O-])[C@@H](OS(=O)(=O)[O-])[C@@H]1OS(=O)(=O)[O-].[K+].[K+].[K+].[K+].[K+].[K+].[K+].[K+].[K+].[K+].[K+].[K+].[K+].[K+].[K+].[K+].[K+].[K+].[K+].[K+]. The number of hydrogen-bond acceptors (Lipinski definition) is 84. The van der Waals surface area contributed by atoms with Crippen LogP contribution in [0.5, 0.6) is 0 Å². The van der Waals surface area contributed by atoms with Crippen LogP contribution in [0.2, 0.25) is 0 Å². The summed E-state index contributed by atoms with van der Waals surface area (Å²) < 4.78 is 743. The second kappa shape index (κ2) is 93.6. The first-order chi connectivity index (χ1) is 55.7. The van der Waals surface area contributed by atoms with Crippen molar-refractivity contribution in [1.82, 2.24) is 0 Å². The van der Waals surface area contributed by atoms with Gasteiger partial charge in [-0.05, 0) is 0 Å². The molecule has 0 spiro atoms. The molecule has 0 aromatic heterocycles. The summed E-state index contributed by atoms with van der Waals surface area (Å²) in [6.45, 7) is -15.7. The van der Waals surface area contributed by atoms with Crippen molar-refractivity contribution in [2.24, 2.45) is 0 Å². The summed E-state index contributed by atoms with van der Waals surface area (Å²) in [7, 11) is -120. The average molecular weight is 3080 g/mol. The van der Waals surface area contributed by atoms with Gasteiger partial charge < -0.3 is 110 Å². The van der Waals surface area contributed by atoms with Gasteiger partial charge in [0.15, 0.2) is 24.4 Å².